The minimum Gasteiger partial charge on any atom is -0.393 e. The van der Waals surface area contributed by atoms with Crippen LogP contribution in [0, 0.1) is 0 Å². The molecule has 1 rings (SSSR count). The van der Waals surface area contributed by atoms with Gasteiger partial charge < -0.3 is 15.3 Å². The fourth-order valence-electron chi connectivity index (χ4n) is 1.73. The standard InChI is InChI=1S/C11H24N2O/c1-11(2,3)12-6-9-13-7-4-10(14)5-8-13/h10,12,14H,4-9H2,1-3H3. The van der Waals surface area contributed by atoms with Crippen molar-refractivity contribution in [1.82, 2.24) is 10.2 Å². The second-order valence-corrected chi connectivity index (χ2v) is 5.25. The number of rotatable bonds is 3. The number of piperidine rings is 1. The van der Waals surface area contributed by atoms with E-state index >= 15 is 0 Å². The highest BCUT2D eigenvalue weighted by Crippen LogP contribution is 2.09. The van der Waals surface area contributed by atoms with Gasteiger partial charge in [0, 0.05) is 31.7 Å². The van der Waals surface area contributed by atoms with Crippen molar-refractivity contribution in [3.8, 4) is 0 Å². The Morgan fingerprint density at radius 2 is 1.86 bits per heavy atom. The smallest absolute Gasteiger partial charge is 0.0564 e. The van der Waals surface area contributed by atoms with E-state index in [0.29, 0.717) is 0 Å². The van der Waals surface area contributed by atoms with Gasteiger partial charge >= 0.3 is 0 Å². The highest BCUT2D eigenvalue weighted by atomic mass is 16.3. The molecule has 1 aliphatic rings. The van der Waals surface area contributed by atoms with Gasteiger partial charge in [0.2, 0.25) is 0 Å². The van der Waals surface area contributed by atoms with Gasteiger partial charge in [0.1, 0.15) is 0 Å². The Morgan fingerprint density at radius 3 is 2.36 bits per heavy atom. The summed E-state index contributed by atoms with van der Waals surface area (Å²) in [5.41, 5.74) is 0.218. The quantitative estimate of drug-likeness (QED) is 0.708. The topological polar surface area (TPSA) is 35.5 Å². The van der Waals surface area contributed by atoms with Crippen molar-refractivity contribution < 1.29 is 5.11 Å². The van der Waals surface area contributed by atoms with E-state index in [9.17, 15) is 5.11 Å². The summed E-state index contributed by atoms with van der Waals surface area (Å²) >= 11 is 0. The van der Waals surface area contributed by atoms with Crippen molar-refractivity contribution in [1.29, 1.82) is 0 Å². The average Bonchev–Trinajstić information content (AvgIpc) is 2.06. The monoisotopic (exact) mass is 200 g/mol. The minimum atomic E-state index is -0.0539. The molecule has 0 aromatic carbocycles. The van der Waals surface area contributed by atoms with Crippen molar-refractivity contribution in [2.45, 2.75) is 45.3 Å². The zero-order chi connectivity index (χ0) is 10.6. The molecule has 84 valence electrons. The zero-order valence-corrected chi connectivity index (χ0v) is 9.71. The van der Waals surface area contributed by atoms with Crippen LogP contribution in [0.25, 0.3) is 0 Å². The lowest BCUT2D eigenvalue weighted by atomic mass is 10.1. The molecule has 0 aromatic rings. The fraction of sp³-hybridized carbons (Fsp3) is 1.00. The van der Waals surface area contributed by atoms with E-state index in [1.807, 2.05) is 0 Å². The number of likely N-dealkylation sites (tertiary alicyclic amines) is 1. The molecule has 0 atom stereocenters. The van der Waals surface area contributed by atoms with Crippen LogP contribution in [0.2, 0.25) is 0 Å². The zero-order valence-electron chi connectivity index (χ0n) is 9.71. The Kier molecular flexibility index (Phi) is 4.35. The van der Waals surface area contributed by atoms with Gasteiger partial charge in [-0.05, 0) is 33.6 Å². The van der Waals surface area contributed by atoms with E-state index in [1.54, 1.807) is 0 Å². The second-order valence-electron chi connectivity index (χ2n) is 5.25. The summed E-state index contributed by atoms with van der Waals surface area (Å²) in [5, 5.41) is 12.8. The van der Waals surface area contributed by atoms with Crippen LogP contribution in [0.1, 0.15) is 33.6 Å². The maximum atomic E-state index is 9.34. The van der Waals surface area contributed by atoms with Gasteiger partial charge in [-0.3, -0.25) is 0 Å². The molecule has 0 unspecified atom stereocenters. The lowest BCUT2D eigenvalue weighted by molar-refractivity contribution is 0.0822. The molecule has 3 nitrogen and oxygen atoms in total. The van der Waals surface area contributed by atoms with Crippen molar-refractivity contribution in [2.24, 2.45) is 0 Å². The van der Waals surface area contributed by atoms with Gasteiger partial charge in [-0.15, -0.1) is 0 Å². The van der Waals surface area contributed by atoms with Crippen LogP contribution in [0.15, 0.2) is 0 Å². The third-order valence-corrected chi connectivity index (χ3v) is 2.64. The molecule has 1 saturated heterocycles. The van der Waals surface area contributed by atoms with E-state index in [1.165, 1.54) is 0 Å². The van der Waals surface area contributed by atoms with E-state index in [4.69, 9.17) is 0 Å². The Morgan fingerprint density at radius 1 is 1.29 bits per heavy atom. The Labute approximate surface area is 87.5 Å². The van der Waals surface area contributed by atoms with E-state index in [-0.39, 0.29) is 11.6 Å². The number of nitrogens with zero attached hydrogens (tertiary/aromatic N) is 1. The molecule has 14 heavy (non-hydrogen) atoms. The van der Waals surface area contributed by atoms with Crippen molar-refractivity contribution in [2.75, 3.05) is 26.2 Å². The lowest BCUT2D eigenvalue weighted by Crippen LogP contribution is -2.44. The molecule has 1 fully saturated rings. The summed E-state index contributed by atoms with van der Waals surface area (Å²) in [6, 6.07) is 0. The first-order valence-corrected chi connectivity index (χ1v) is 5.63. The molecular weight excluding hydrogens is 176 g/mol. The molecule has 0 saturated carbocycles. The highest BCUT2D eigenvalue weighted by Gasteiger charge is 2.16. The average molecular weight is 200 g/mol. The highest BCUT2D eigenvalue weighted by molar-refractivity contribution is 4.74. The summed E-state index contributed by atoms with van der Waals surface area (Å²) in [4.78, 5) is 2.42. The maximum absolute atomic E-state index is 9.34. The van der Waals surface area contributed by atoms with Crippen molar-refractivity contribution >= 4 is 0 Å². The number of aliphatic hydroxyl groups excluding tert-OH is 1. The molecule has 0 radical (unpaired) electrons. The molecule has 1 heterocycles. The van der Waals surface area contributed by atoms with Gasteiger partial charge in [0.05, 0.1) is 6.10 Å². The first-order valence-electron chi connectivity index (χ1n) is 5.63. The fourth-order valence-corrected chi connectivity index (χ4v) is 1.73. The van der Waals surface area contributed by atoms with Crippen molar-refractivity contribution in [3.63, 3.8) is 0 Å². The van der Waals surface area contributed by atoms with Crippen LogP contribution in [0.4, 0.5) is 0 Å². The first-order chi connectivity index (χ1) is 6.47. The van der Waals surface area contributed by atoms with Gasteiger partial charge in [0.25, 0.3) is 0 Å². The van der Waals surface area contributed by atoms with Crippen LogP contribution in [0.3, 0.4) is 0 Å². The third-order valence-electron chi connectivity index (χ3n) is 2.64. The van der Waals surface area contributed by atoms with Gasteiger partial charge in [-0.1, -0.05) is 0 Å². The van der Waals surface area contributed by atoms with E-state index < -0.39 is 0 Å². The van der Waals surface area contributed by atoms with Crippen LogP contribution in [0.5, 0.6) is 0 Å². The molecular formula is C11H24N2O. The maximum Gasteiger partial charge on any atom is 0.0564 e. The molecule has 3 heteroatoms. The van der Waals surface area contributed by atoms with Crippen LogP contribution < -0.4 is 5.32 Å². The third kappa shape index (κ3) is 4.94. The second kappa shape index (κ2) is 5.10. The summed E-state index contributed by atoms with van der Waals surface area (Å²) < 4.78 is 0. The summed E-state index contributed by atoms with van der Waals surface area (Å²) in [6.07, 6.45) is 1.83. The molecule has 0 bridgehead atoms. The molecule has 0 spiro atoms. The molecule has 1 aliphatic heterocycles. The molecule has 0 aliphatic carbocycles. The van der Waals surface area contributed by atoms with Gasteiger partial charge in [0.15, 0.2) is 0 Å². The lowest BCUT2D eigenvalue weighted by Gasteiger charge is -2.30. The number of hydrogen-bond donors (Lipinski definition) is 2. The number of hydrogen-bond acceptors (Lipinski definition) is 3. The van der Waals surface area contributed by atoms with Crippen LogP contribution in [-0.4, -0.2) is 47.8 Å². The summed E-state index contributed by atoms with van der Waals surface area (Å²) in [6.45, 7) is 10.8. The summed E-state index contributed by atoms with van der Waals surface area (Å²) in [5.74, 6) is 0. The van der Waals surface area contributed by atoms with Crippen LogP contribution >= 0.6 is 0 Å². The molecule has 2 N–H and O–H groups in total. The normalized spacial score (nSPS) is 21.4. The predicted octanol–water partition coefficient (Wildman–Crippen LogP) is 0.831. The number of nitrogens with one attached hydrogen (secondary N) is 1. The predicted molar refractivity (Wildman–Crippen MR) is 59.4 cm³/mol. The Bertz CT molecular complexity index is 157. The largest absolute Gasteiger partial charge is 0.393 e. The molecule has 0 amide bonds. The van der Waals surface area contributed by atoms with Gasteiger partial charge in [-0.2, -0.15) is 0 Å². The van der Waals surface area contributed by atoms with Gasteiger partial charge in [-0.25, -0.2) is 0 Å². The Balaban J connectivity index is 2.08. The van der Waals surface area contributed by atoms with Crippen molar-refractivity contribution in [3.05, 3.63) is 0 Å². The van der Waals surface area contributed by atoms with Crippen LogP contribution in [-0.2, 0) is 0 Å². The number of aliphatic hydroxyl groups is 1. The van der Waals surface area contributed by atoms with E-state index in [2.05, 4.69) is 31.0 Å². The SMILES string of the molecule is CC(C)(C)NCCN1CCC(O)CC1. The first kappa shape index (κ1) is 12.0. The molecule has 0 aromatic heterocycles. The minimum absolute atomic E-state index is 0.0539. The Hall–Kier alpha value is -0.120. The van der Waals surface area contributed by atoms with E-state index in [0.717, 1.165) is 39.0 Å². The summed E-state index contributed by atoms with van der Waals surface area (Å²) in [7, 11) is 0.